The van der Waals surface area contributed by atoms with Crippen molar-refractivity contribution in [1.82, 2.24) is 15.1 Å². The number of hydrogen-bond donors (Lipinski definition) is 1. The first-order valence-electron chi connectivity index (χ1n) is 5.52. The van der Waals surface area contributed by atoms with E-state index in [0.29, 0.717) is 18.2 Å². The number of ether oxygens (including phenoxy) is 1. The van der Waals surface area contributed by atoms with Crippen molar-refractivity contribution >= 4 is 5.91 Å². The zero-order valence-electron chi connectivity index (χ0n) is 10.3. The van der Waals surface area contributed by atoms with Gasteiger partial charge in [-0.3, -0.25) is 9.48 Å². The van der Waals surface area contributed by atoms with Crippen LogP contribution in [0.2, 0.25) is 0 Å². The van der Waals surface area contributed by atoms with Crippen LogP contribution in [0, 0.1) is 0 Å². The SMILES string of the molecule is CCCOc1cc(C(=O)NC(C)C)n(C)n1. The maximum atomic E-state index is 11.7. The third kappa shape index (κ3) is 3.25. The molecular formula is C11H19N3O2. The quantitative estimate of drug-likeness (QED) is 0.823. The van der Waals surface area contributed by atoms with Gasteiger partial charge in [-0.25, -0.2) is 0 Å². The smallest absolute Gasteiger partial charge is 0.269 e. The Labute approximate surface area is 95.8 Å². The molecule has 5 heteroatoms. The second-order valence-corrected chi connectivity index (χ2v) is 3.97. The van der Waals surface area contributed by atoms with Crippen LogP contribution >= 0.6 is 0 Å². The number of rotatable bonds is 5. The normalized spacial score (nSPS) is 10.6. The van der Waals surface area contributed by atoms with Crippen LogP contribution in [-0.2, 0) is 7.05 Å². The highest BCUT2D eigenvalue weighted by Crippen LogP contribution is 2.11. The van der Waals surface area contributed by atoms with Gasteiger partial charge < -0.3 is 10.1 Å². The summed E-state index contributed by atoms with van der Waals surface area (Å²) in [7, 11) is 1.73. The van der Waals surface area contributed by atoms with E-state index in [4.69, 9.17) is 4.74 Å². The van der Waals surface area contributed by atoms with Crippen LogP contribution in [0.25, 0.3) is 0 Å². The predicted octanol–water partition coefficient (Wildman–Crippen LogP) is 1.35. The molecule has 0 bridgehead atoms. The Bertz CT molecular complexity index is 358. The Balaban J connectivity index is 2.72. The van der Waals surface area contributed by atoms with Crippen molar-refractivity contribution in [2.75, 3.05) is 6.61 Å². The summed E-state index contributed by atoms with van der Waals surface area (Å²) in [6.45, 7) is 6.48. The summed E-state index contributed by atoms with van der Waals surface area (Å²) in [5.74, 6) is 0.370. The minimum Gasteiger partial charge on any atom is -0.477 e. The highest BCUT2D eigenvalue weighted by molar-refractivity contribution is 5.93. The minimum absolute atomic E-state index is 0.113. The Morgan fingerprint density at radius 3 is 2.88 bits per heavy atom. The minimum atomic E-state index is -0.128. The van der Waals surface area contributed by atoms with Crippen molar-refractivity contribution < 1.29 is 9.53 Å². The molecule has 0 saturated heterocycles. The second kappa shape index (κ2) is 5.53. The van der Waals surface area contributed by atoms with Gasteiger partial charge in [-0.15, -0.1) is 5.10 Å². The van der Waals surface area contributed by atoms with E-state index in [1.807, 2.05) is 20.8 Å². The number of aromatic nitrogens is 2. The molecule has 1 aromatic rings. The number of nitrogens with zero attached hydrogens (tertiary/aromatic N) is 2. The summed E-state index contributed by atoms with van der Waals surface area (Å²) in [6, 6.07) is 1.77. The first-order chi connectivity index (χ1) is 7.54. The molecule has 0 aliphatic heterocycles. The molecule has 5 nitrogen and oxygen atoms in total. The van der Waals surface area contributed by atoms with Crippen LogP contribution in [0.15, 0.2) is 6.07 Å². The van der Waals surface area contributed by atoms with Crippen molar-refractivity contribution in [3.63, 3.8) is 0 Å². The topological polar surface area (TPSA) is 56.1 Å². The zero-order valence-corrected chi connectivity index (χ0v) is 10.3. The molecule has 1 N–H and O–H groups in total. The highest BCUT2D eigenvalue weighted by Gasteiger charge is 2.14. The van der Waals surface area contributed by atoms with Gasteiger partial charge in [-0.1, -0.05) is 6.92 Å². The maximum absolute atomic E-state index is 11.7. The van der Waals surface area contributed by atoms with Crippen LogP contribution in [-0.4, -0.2) is 28.3 Å². The first kappa shape index (κ1) is 12.5. The lowest BCUT2D eigenvalue weighted by molar-refractivity contribution is 0.0933. The van der Waals surface area contributed by atoms with Gasteiger partial charge in [0.1, 0.15) is 5.69 Å². The van der Waals surface area contributed by atoms with Gasteiger partial charge in [0.2, 0.25) is 5.88 Å². The van der Waals surface area contributed by atoms with Gasteiger partial charge >= 0.3 is 0 Å². The molecule has 0 radical (unpaired) electrons. The average Bonchev–Trinajstić information content (AvgIpc) is 2.55. The number of aryl methyl sites for hydroxylation is 1. The van der Waals surface area contributed by atoms with E-state index in [2.05, 4.69) is 10.4 Å². The molecule has 0 saturated carbocycles. The number of carbonyl (C=O) groups is 1. The summed E-state index contributed by atoms with van der Waals surface area (Å²) < 4.78 is 6.89. The molecule has 0 spiro atoms. The molecule has 0 aliphatic carbocycles. The van der Waals surface area contributed by atoms with Crippen LogP contribution in [0.1, 0.15) is 37.7 Å². The number of hydrogen-bond acceptors (Lipinski definition) is 3. The second-order valence-electron chi connectivity index (χ2n) is 3.97. The Morgan fingerprint density at radius 2 is 2.31 bits per heavy atom. The molecule has 1 heterocycles. The van der Waals surface area contributed by atoms with Crippen molar-refractivity contribution in [3.8, 4) is 5.88 Å². The molecule has 1 aromatic heterocycles. The van der Waals surface area contributed by atoms with Crippen LogP contribution in [0.3, 0.4) is 0 Å². The monoisotopic (exact) mass is 225 g/mol. The van der Waals surface area contributed by atoms with Crippen molar-refractivity contribution in [2.45, 2.75) is 33.2 Å². The lowest BCUT2D eigenvalue weighted by Crippen LogP contribution is -2.31. The highest BCUT2D eigenvalue weighted by atomic mass is 16.5. The van der Waals surface area contributed by atoms with Crippen molar-refractivity contribution in [2.24, 2.45) is 7.05 Å². The molecule has 0 atom stereocenters. The fourth-order valence-electron chi connectivity index (χ4n) is 1.27. The Hall–Kier alpha value is -1.52. The number of amides is 1. The van der Waals surface area contributed by atoms with Gasteiger partial charge in [0.25, 0.3) is 5.91 Å². The average molecular weight is 225 g/mol. The van der Waals surface area contributed by atoms with Crippen molar-refractivity contribution in [1.29, 1.82) is 0 Å². The van der Waals surface area contributed by atoms with Gasteiger partial charge in [-0.05, 0) is 20.3 Å². The zero-order chi connectivity index (χ0) is 12.1. The molecule has 16 heavy (non-hydrogen) atoms. The number of carbonyl (C=O) groups excluding carboxylic acids is 1. The molecule has 0 unspecified atom stereocenters. The summed E-state index contributed by atoms with van der Waals surface area (Å²) in [4.78, 5) is 11.7. The van der Waals surface area contributed by atoms with Gasteiger partial charge in [0, 0.05) is 19.2 Å². The largest absolute Gasteiger partial charge is 0.477 e. The predicted molar refractivity (Wildman–Crippen MR) is 61.6 cm³/mol. The molecule has 0 aromatic carbocycles. The van der Waals surface area contributed by atoms with Crippen LogP contribution in [0.4, 0.5) is 0 Å². The lowest BCUT2D eigenvalue weighted by atomic mass is 10.3. The summed E-state index contributed by atoms with van der Waals surface area (Å²) >= 11 is 0. The van der Waals surface area contributed by atoms with E-state index < -0.39 is 0 Å². The third-order valence-corrected chi connectivity index (χ3v) is 1.96. The third-order valence-electron chi connectivity index (χ3n) is 1.96. The molecule has 1 amide bonds. The standard InChI is InChI=1S/C11H19N3O2/c1-5-6-16-10-7-9(14(4)13-10)11(15)12-8(2)3/h7-8H,5-6H2,1-4H3,(H,12,15). The van der Waals surface area contributed by atoms with Crippen LogP contribution < -0.4 is 10.1 Å². The molecular weight excluding hydrogens is 206 g/mol. The summed E-state index contributed by atoms with van der Waals surface area (Å²) in [5.41, 5.74) is 0.514. The van der Waals surface area contributed by atoms with E-state index in [0.717, 1.165) is 6.42 Å². The van der Waals surface area contributed by atoms with Crippen molar-refractivity contribution in [3.05, 3.63) is 11.8 Å². The number of nitrogens with one attached hydrogen (secondary N) is 1. The van der Waals surface area contributed by atoms with E-state index in [1.165, 1.54) is 4.68 Å². The van der Waals surface area contributed by atoms with E-state index in [-0.39, 0.29) is 11.9 Å². The Kier molecular flexibility index (Phi) is 4.34. The summed E-state index contributed by atoms with van der Waals surface area (Å²) in [5, 5.41) is 6.92. The van der Waals surface area contributed by atoms with E-state index in [9.17, 15) is 4.79 Å². The first-order valence-corrected chi connectivity index (χ1v) is 5.52. The van der Waals surface area contributed by atoms with Gasteiger partial charge in [0.15, 0.2) is 0 Å². The summed E-state index contributed by atoms with van der Waals surface area (Å²) in [6.07, 6.45) is 0.921. The fourth-order valence-corrected chi connectivity index (χ4v) is 1.27. The van der Waals surface area contributed by atoms with Gasteiger partial charge in [-0.2, -0.15) is 0 Å². The molecule has 90 valence electrons. The lowest BCUT2D eigenvalue weighted by Gasteiger charge is -2.07. The molecule has 0 aliphatic rings. The molecule has 0 fully saturated rings. The fraction of sp³-hybridized carbons (Fsp3) is 0.636. The van der Waals surface area contributed by atoms with E-state index in [1.54, 1.807) is 13.1 Å². The Morgan fingerprint density at radius 1 is 1.62 bits per heavy atom. The van der Waals surface area contributed by atoms with E-state index >= 15 is 0 Å². The van der Waals surface area contributed by atoms with Gasteiger partial charge in [0.05, 0.1) is 6.61 Å². The maximum Gasteiger partial charge on any atom is 0.269 e. The van der Waals surface area contributed by atoms with Crippen LogP contribution in [0.5, 0.6) is 5.88 Å². The molecule has 1 rings (SSSR count).